The maximum atomic E-state index is 12.4. The number of hydrogen-bond donors (Lipinski definition) is 0. The molecule has 5 nitrogen and oxygen atoms in total. The molecule has 8 heteroatoms. The molecule has 1 heterocycles. The summed E-state index contributed by atoms with van der Waals surface area (Å²) in [5.41, 5.74) is 0.831. The van der Waals surface area contributed by atoms with E-state index in [0.717, 1.165) is 17.9 Å². The minimum Gasteiger partial charge on any atom is -0.304 e. The SMILES string of the molecule is CCCSP(=O)(OCC)ON=C1SC(C(C)C)N=C1C. The van der Waals surface area contributed by atoms with Gasteiger partial charge in [0.1, 0.15) is 5.37 Å². The molecule has 1 aliphatic rings. The zero-order valence-electron chi connectivity index (χ0n) is 12.7. The largest absolute Gasteiger partial charge is 0.459 e. The molecule has 20 heavy (non-hydrogen) atoms. The Kier molecular flexibility index (Phi) is 7.65. The molecule has 116 valence electrons. The van der Waals surface area contributed by atoms with Gasteiger partial charge in [-0.1, -0.05) is 37.7 Å². The van der Waals surface area contributed by atoms with Gasteiger partial charge in [-0.05, 0) is 37.6 Å². The minimum atomic E-state index is -3.20. The van der Waals surface area contributed by atoms with Crippen molar-refractivity contribution in [2.24, 2.45) is 16.1 Å². The quantitative estimate of drug-likeness (QED) is 0.470. The van der Waals surface area contributed by atoms with E-state index in [-0.39, 0.29) is 5.37 Å². The predicted molar refractivity (Wildman–Crippen MR) is 89.8 cm³/mol. The van der Waals surface area contributed by atoms with Crippen molar-refractivity contribution < 1.29 is 13.7 Å². The van der Waals surface area contributed by atoms with Crippen LogP contribution >= 0.6 is 29.9 Å². The van der Waals surface area contributed by atoms with Crippen molar-refractivity contribution in [3.63, 3.8) is 0 Å². The number of thioether (sulfide) groups is 1. The number of oxime groups is 1. The van der Waals surface area contributed by atoms with Crippen molar-refractivity contribution in [2.45, 2.75) is 46.4 Å². The zero-order chi connectivity index (χ0) is 15.2. The van der Waals surface area contributed by atoms with E-state index in [4.69, 9.17) is 9.15 Å². The first-order chi connectivity index (χ1) is 9.41. The highest BCUT2D eigenvalue weighted by Gasteiger charge is 2.29. The summed E-state index contributed by atoms with van der Waals surface area (Å²) in [5.74, 6) is 1.15. The van der Waals surface area contributed by atoms with Gasteiger partial charge in [0.25, 0.3) is 0 Å². The Morgan fingerprint density at radius 2 is 2.20 bits per heavy atom. The summed E-state index contributed by atoms with van der Waals surface area (Å²) in [4.78, 5) is 4.51. The maximum Gasteiger partial charge on any atom is 0.459 e. The number of aliphatic imine (C=N–C) groups is 1. The molecule has 0 saturated carbocycles. The summed E-state index contributed by atoms with van der Waals surface area (Å²) in [5, 5.41) is 4.87. The molecule has 0 saturated heterocycles. The van der Waals surface area contributed by atoms with E-state index in [1.807, 2.05) is 13.8 Å². The lowest BCUT2D eigenvalue weighted by atomic mass is 10.2. The van der Waals surface area contributed by atoms with Gasteiger partial charge < -0.3 is 4.62 Å². The zero-order valence-corrected chi connectivity index (χ0v) is 15.2. The third-order valence-electron chi connectivity index (χ3n) is 2.40. The third kappa shape index (κ3) is 5.43. The summed E-state index contributed by atoms with van der Waals surface area (Å²) in [6.45, 7) is 7.07. The van der Waals surface area contributed by atoms with E-state index < -0.39 is 6.80 Å². The Balaban J connectivity index is 2.69. The Bertz CT molecular complexity index is 427. The maximum absolute atomic E-state index is 12.4. The normalized spacial score (nSPS) is 24.0. The average molecular weight is 338 g/mol. The third-order valence-corrected chi connectivity index (χ3v) is 7.66. The monoisotopic (exact) mass is 338 g/mol. The Hall–Kier alpha value is 0.0300. The van der Waals surface area contributed by atoms with Gasteiger partial charge in [0.15, 0.2) is 5.04 Å². The van der Waals surface area contributed by atoms with Crippen molar-refractivity contribution in [2.75, 3.05) is 12.4 Å². The first kappa shape index (κ1) is 18.1. The van der Waals surface area contributed by atoms with Crippen LogP contribution in [0.5, 0.6) is 0 Å². The molecule has 0 radical (unpaired) electrons. The first-order valence-corrected chi connectivity index (χ1v) is 10.8. The van der Waals surface area contributed by atoms with E-state index in [2.05, 4.69) is 24.0 Å². The Morgan fingerprint density at radius 1 is 1.50 bits per heavy atom. The van der Waals surface area contributed by atoms with E-state index in [0.29, 0.717) is 17.6 Å². The van der Waals surface area contributed by atoms with Crippen molar-refractivity contribution in [3.05, 3.63) is 0 Å². The molecule has 0 spiro atoms. The van der Waals surface area contributed by atoms with Crippen LogP contribution in [0.1, 0.15) is 41.0 Å². The van der Waals surface area contributed by atoms with Gasteiger partial charge in [-0.2, -0.15) is 0 Å². The fourth-order valence-corrected chi connectivity index (χ4v) is 5.52. The van der Waals surface area contributed by atoms with Crippen LogP contribution in [-0.4, -0.2) is 28.5 Å². The molecule has 0 aromatic carbocycles. The van der Waals surface area contributed by atoms with Crippen molar-refractivity contribution in [1.29, 1.82) is 0 Å². The molecule has 1 rings (SSSR count). The van der Waals surface area contributed by atoms with Crippen LogP contribution in [0.2, 0.25) is 0 Å². The average Bonchev–Trinajstić information content (AvgIpc) is 2.76. The predicted octanol–water partition coefficient (Wildman–Crippen LogP) is 4.79. The molecule has 0 bridgehead atoms. The topological polar surface area (TPSA) is 60.2 Å². The number of hydrogen-bond acceptors (Lipinski definition) is 7. The van der Waals surface area contributed by atoms with Crippen LogP contribution in [0, 0.1) is 5.92 Å². The number of rotatable bonds is 8. The van der Waals surface area contributed by atoms with Gasteiger partial charge in [0.05, 0.1) is 12.3 Å². The summed E-state index contributed by atoms with van der Waals surface area (Å²) in [6.07, 6.45) is 0.909. The van der Waals surface area contributed by atoms with E-state index in [1.165, 1.54) is 11.4 Å². The second-order valence-electron chi connectivity index (χ2n) is 4.64. The van der Waals surface area contributed by atoms with Crippen LogP contribution in [0.4, 0.5) is 0 Å². The molecule has 2 atom stereocenters. The second kappa shape index (κ2) is 8.47. The molecule has 0 amide bonds. The minimum absolute atomic E-state index is 0.159. The lowest BCUT2D eigenvalue weighted by Crippen LogP contribution is -2.05. The van der Waals surface area contributed by atoms with Crippen LogP contribution in [0.15, 0.2) is 10.1 Å². The highest BCUT2D eigenvalue weighted by atomic mass is 32.7. The number of nitrogens with zero attached hydrogens (tertiary/aromatic N) is 2. The Morgan fingerprint density at radius 3 is 2.70 bits per heavy atom. The van der Waals surface area contributed by atoms with E-state index in [9.17, 15) is 4.57 Å². The van der Waals surface area contributed by atoms with Crippen molar-refractivity contribution in [1.82, 2.24) is 0 Å². The van der Waals surface area contributed by atoms with Crippen LogP contribution in [0.3, 0.4) is 0 Å². The van der Waals surface area contributed by atoms with Crippen molar-refractivity contribution >= 4 is 40.7 Å². The molecule has 0 N–H and O–H groups in total. The molecule has 1 aliphatic heterocycles. The van der Waals surface area contributed by atoms with Gasteiger partial charge in [-0.3, -0.25) is 9.52 Å². The van der Waals surface area contributed by atoms with Gasteiger partial charge in [0, 0.05) is 5.75 Å². The molecule has 0 fully saturated rings. The van der Waals surface area contributed by atoms with Crippen LogP contribution in [0.25, 0.3) is 0 Å². The molecular weight excluding hydrogens is 315 g/mol. The second-order valence-corrected chi connectivity index (χ2v) is 9.85. The lowest BCUT2D eigenvalue weighted by Gasteiger charge is -2.13. The van der Waals surface area contributed by atoms with Gasteiger partial charge in [-0.25, -0.2) is 4.57 Å². The summed E-state index contributed by atoms with van der Waals surface area (Å²) < 4.78 is 22.9. The van der Waals surface area contributed by atoms with Crippen molar-refractivity contribution in [3.8, 4) is 0 Å². The Labute approximate surface area is 129 Å². The highest BCUT2D eigenvalue weighted by molar-refractivity contribution is 8.55. The van der Waals surface area contributed by atoms with Gasteiger partial charge in [-0.15, -0.1) is 0 Å². The molecular formula is C12H23N2O3PS2. The standard InChI is InChI=1S/C12H23N2O3PS2/c1-6-8-19-18(15,16-7-2)17-14-12-10(5)13-11(20-12)9(3)4/h9,11H,6-8H2,1-5H3. The summed E-state index contributed by atoms with van der Waals surface area (Å²) >= 11 is 2.74. The molecule has 0 aromatic heterocycles. The van der Waals surface area contributed by atoms with E-state index in [1.54, 1.807) is 18.7 Å². The fraction of sp³-hybridized carbons (Fsp3) is 0.833. The summed E-state index contributed by atoms with van der Waals surface area (Å²) in [7, 11) is 0. The smallest absolute Gasteiger partial charge is 0.304 e. The van der Waals surface area contributed by atoms with Gasteiger partial charge >= 0.3 is 6.80 Å². The highest BCUT2D eigenvalue weighted by Crippen LogP contribution is 2.61. The molecule has 0 aliphatic carbocycles. The van der Waals surface area contributed by atoms with Crippen LogP contribution in [-0.2, 0) is 13.7 Å². The molecule has 2 unspecified atom stereocenters. The fourth-order valence-electron chi connectivity index (χ4n) is 1.38. The van der Waals surface area contributed by atoms with E-state index >= 15 is 0 Å². The van der Waals surface area contributed by atoms with Crippen LogP contribution < -0.4 is 0 Å². The first-order valence-electron chi connectivity index (χ1n) is 6.79. The molecule has 0 aromatic rings. The summed E-state index contributed by atoms with van der Waals surface area (Å²) in [6, 6.07) is 0. The van der Waals surface area contributed by atoms with Gasteiger partial charge in [0.2, 0.25) is 0 Å². The lowest BCUT2D eigenvalue weighted by molar-refractivity contribution is 0.237.